The van der Waals surface area contributed by atoms with Gasteiger partial charge in [-0.2, -0.15) is 0 Å². The molecular weight excluding hydrogens is 317 g/mol. The first-order chi connectivity index (χ1) is 10.0. The van der Waals surface area contributed by atoms with Crippen molar-refractivity contribution in [3.05, 3.63) is 67.7 Å². The van der Waals surface area contributed by atoms with E-state index in [0.29, 0.717) is 15.6 Å². The van der Waals surface area contributed by atoms with Gasteiger partial charge in [0.1, 0.15) is 6.61 Å². The van der Waals surface area contributed by atoms with Crippen LogP contribution in [0.3, 0.4) is 0 Å². The SMILES string of the molecule is O=[N+]([O-])c1ccc(CO)cc1OCc1ccc(Cl)c(Cl)c1. The van der Waals surface area contributed by atoms with Crippen molar-refractivity contribution in [1.82, 2.24) is 0 Å². The van der Waals surface area contributed by atoms with Crippen molar-refractivity contribution in [2.45, 2.75) is 13.2 Å². The smallest absolute Gasteiger partial charge is 0.310 e. The summed E-state index contributed by atoms with van der Waals surface area (Å²) in [6.07, 6.45) is 0. The third-order valence-corrected chi connectivity index (χ3v) is 3.52. The van der Waals surface area contributed by atoms with Gasteiger partial charge in [0.25, 0.3) is 0 Å². The summed E-state index contributed by atoms with van der Waals surface area (Å²) in [7, 11) is 0. The molecule has 21 heavy (non-hydrogen) atoms. The van der Waals surface area contributed by atoms with Crippen LogP contribution in [0.1, 0.15) is 11.1 Å². The maximum absolute atomic E-state index is 11.0. The highest BCUT2D eigenvalue weighted by atomic mass is 35.5. The summed E-state index contributed by atoms with van der Waals surface area (Å²) in [6, 6.07) is 9.19. The molecule has 0 heterocycles. The standard InChI is InChI=1S/C14H11Cl2NO4/c15-11-3-1-10(5-12(11)16)8-21-14-6-9(7-18)2-4-13(14)17(19)20/h1-6,18H,7-8H2. The summed E-state index contributed by atoms with van der Waals surface area (Å²) >= 11 is 11.7. The van der Waals surface area contributed by atoms with Crippen molar-refractivity contribution in [3.8, 4) is 5.75 Å². The largest absolute Gasteiger partial charge is 0.482 e. The van der Waals surface area contributed by atoms with E-state index in [0.717, 1.165) is 5.56 Å². The maximum Gasteiger partial charge on any atom is 0.310 e. The topological polar surface area (TPSA) is 72.6 Å². The number of hydrogen-bond acceptors (Lipinski definition) is 4. The monoisotopic (exact) mass is 327 g/mol. The van der Waals surface area contributed by atoms with E-state index in [1.54, 1.807) is 18.2 Å². The third-order valence-electron chi connectivity index (χ3n) is 2.78. The molecular formula is C14H11Cl2NO4. The molecule has 0 aliphatic carbocycles. The van der Waals surface area contributed by atoms with Gasteiger partial charge < -0.3 is 9.84 Å². The van der Waals surface area contributed by atoms with Gasteiger partial charge in [0.05, 0.1) is 21.6 Å². The van der Waals surface area contributed by atoms with E-state index in [2.05, 4.69) is 0 Å². The number of aliphatic hydroxyl groups excluding tert-OH is 1. The molecule has 0 unspecified atom stereocenters. The fraction of sp³-hybridized carbons (Fsp3) is 0.143. The molecule has 0 radical (unpaired) electrons. The quantitative estimate of drug-likeness (QED) is 0.666. The van der Waals surface area contributed by atoms with Crippen molar-refractivity contribution in [1.29, 1.82) is 0 Å². The molecule has 0 spiro atoms. The van der Waals surface area contributed by atoms with Crippen LogP contribution in [0.25, 0.3) is 0 Å². The van der Waals surface area contributed by atoms with Crippen LogP contribution in [0.4, 0.5) is 5.69 Å². The van der Waals surface area contributed by atoms with E-state index in [1.807, 2.05) is 0 Å². The third kappa shape index (κ3) is 3.85. The van der Waals surface area contributed by atoms with Gasteiger partial charge in [-0.05, 0) is 35.4 Å². The molecule has 0 aliphatic rings. The molecule has 110 valence electrons. The Bertz CT molecular complexity index is 676. The molecule has 0 fully saturated rings. The molecule has 0 atom stereocenters. The molecule has 0 bridgehead atoms. The lowest BCUT2D eigenvalue weighted by molar-refractivity contribution is -0.386. The van der Waals surface area contributed by atoms with Crippen LogP contribution in [0.2, 0.25) is 10.0 Å². The Kier molecular flexibility index (Phi) is 5.01. The average molecular weight is 328 g/mol. The molecule has 1 N–H and O–H groups in total. The second-order valence-electron chi connectivity index (χ2n) is 4.25. The van der Waals surface area contributed by atoms with Gasteiger partial charge in [0, 0.05) is 6.07 Å². The second-order valence-corrected chi connectivity index (χ2v) is 5.07. The number of nitro groups is 1. The molecule has 2 aromatic carbocycles. The summed E-state index contributed by atoms with van der Waals surface area (Å²) < 4.78 is 5.47. The number of nitro benzene ring substituents is 1. The fourth-order valence-electron chi connectivity index (χ4n) is 1.71. The first-order valence-corrected chi connectivity index (χ1v) is 6.71. The Morgan fingerprint density at radius 1 is 1.10 bits per heavy atom. The highest BCUT2D eigenvalue weighted by molar-refractivity contribution is 6.42. The number of halogens is 2. The zero-order valence-corrected chi connectivity index (χ0v) is 12.3. The van der Waals surface area contributed by atoms with Gasteiger partial charge >= 0.3 is 5.69 Å². The Balaban J connectivity index is 2.21. The fourth-order valence-corrected chi connectivity index (χ4v) is 2.03. The van der Waals surface area contributed by atoms with Gasteiger partial charge in [0.2, 0.25) is 0 Å². The number of aliphatic hydroxyl groups is 1. The molecule has 2 aromatic rings. The first-order valence-electron chi connectivity index (χ1n) is 5.96. The van der Waals surface area contributed by atoms with Gasteiger partial charge in [-0.15, -0.1) is 0 Å². The van der Waals surface area contributed by atoms with Crippen LogP contribution >= 0.6 is 23.2 Å². The number of rotatable bonds is 5. The lowest BCUT2D eigenvalue weighted by atomic mass is 10.2. The number of hydrogen-bond donors (Lipinski definition) is 1. The van der Waals surface area contributed by atoms with E-state index in [-0.39, 0.29) is 24.7 Å². The molecule has 7 heteroatoms. The Hall–Kier alpha value is -1.82. The molecule has 0 aliphatic heterocycles. The van der Waals surface area contributed by atoms with Gasteiger partial charge in [-0.3, -0.25) is 10.1 Å². The maximum atomic E-state index is 11.0. The van der Waals surface area contributed by atoms with Crippen molar-refractivity contribution in [3.63, 3.8) is 0 Å². The van der Waals surface area contributed by atoms with Crippen molar-refractivity contribution in [2.24, 2.45) is 0 Å². The minimum absolute atomic E-state index is 0.0950. The summed E-state index contributed by atoms with van der Waals surface area (Å²) in [5.74, 6) is 0.0950. The minimum atomic E-state index is -0.536. The summed E-state index contributed by atoms with van der Waals surface area (Å²) in [4.78, 5) is 10.4. The average Bonchev–Trinajstić information content (AvgIpc) is 2.48. The second kappa shape index (κ2) is 6.76. The molecule has 0 saturated heterocycles. The van der Waals surface area contributed by atoms with Crippen LogP contribution in [0.5, 0.6) is 5.75 Å². The zero-order chi connectivity index (χ0) is 15.4. The van der Waals surface area contributed by atoms with Crippen LogP contribution in [-0.2, 0) is 13.2 Å². The van der Waals surface area contributed by atoms with Gasteiger partial charge in [0.15, 0.2) is 5.75 Å². The normalized spacial score (nSPS) is 10.4. The van der Waals surface area contributed by atoms with Gasteiger partial charge in [-0.25, -0.2) is 0 Å². The van der Waals surface area contributed by atoms with E-state index in [9.17, 15) is 10.1 Å². The highest BCUT2D eigenvalue weighted by Crippen LogP contribution is 2.29. The van der Waals surface area contributed by atoms with Crippen molar-refractivity contribution in [2.75, 3.05) is 0 Å². The van der Waals surface area contributed by atoms with Crippen LogP contribution in [0, 0.1) is 10.1 Å². The lowest BCUT2D eigenvalue weighted by Gasteiger charge is -2.09. The minimum Gasteiger partial charge on any atom is -0.482 e. The van der Waals surface area contributed by atoms with E-state index < -0.39 is 4.92 Å². The summed E-state index contributed by atoms with van der Waals surface area (Å²) in [5.41, 5.74) is 1.10. The summed E-state index contributed by atoms with van der Waals surface area (Å²) in [5, 5.41) is 20.9. The Morgan fingerprint density at radius 3 is 2.43 bits per heavy atom. The Morgan fingerprint density at radius 2 is 1.81 bits per heavy atom. The van der Waals surface area contributed by atoms with E-state index in [4.69, 9.17) is 33.0 Å². The van der Waals surface area contributed by atoms with E-state index >= 15 is 0 Å². The van der Waals surface area contributed by atoms with Crippen LogP contribution in [-0.4, -0.2) is 10.0 Å². The summed E-state index contributed by atoms with van der Waals surface area (Å²) in [6.45, 7) is -0.117. The molecule has 0 saturated carbocycles. The first kappa shape index (κ1) is 15.6. The van der Waals surface area contributed by atoms with Gasteiger partial charge in [-0.1, -0.05) is 29.3 Å². The number of benzene rings is 2. The molecule has 0 amide bonds. The number of nitrogens with zero attached hydrogens (tertiary/aromatic N) is 1. The number of ether oxygens (including phenoxy) is 1. The Labute approximate surface area is 130 Å². The zero-order valence-electron chi connectivity index (χ0n) is 10.8. The molecule has 0 aromatic heterocycles. The highest BCUT2D eigenvalue weighted by Gasteiger charge is 2.15. The van der Waals surface area contributed by atoms with Crippen LogP contribution < -0.4 is 4.74 Å². The predicted molar refractivity (Wildman–Crippen MR) is 79.8 cm³/mol. The molecule has 2 rings (SSSR count). The molecule has 5 nitrogen and oxygen atoms in total. The predicted octanol–water partition coefficient (Wildman–Crippen LogP) is 3.97. The van der Waals surface area contributed by atoms with Crippen molar-refractivity contribution >= 4 is 28.9 Å². The van der Waals surface area contributed by atoms with E-state index in [1.165, 1.54) is 18.2 Å². The van der Waals surface area contributed by atoms with Crippen molar-refractivity contribution < 1.29 is 14.8 Å². The lowest BCUT2D eigenvalue weighted by Crippen LogP contribution is -2.00. The van der Waals surface area contributed by atoms with Crippen LogP contribution in [0.15, 0.2) is 36.4 Å².